The van der Waals surface area contributed by atoms with Crippen molar-refractivity contribution in [2.75, 3.05) is 33.4 Å². The standard InChI is InChI=1S/C16H29N3O4S.ClH/c1-12-11-15(22-4)13(2)14(3)16(12)24(20,21)19(9-5-7-17)23-10-6-8-18;/h11H,5-10,17-18H2,1-4H3;1H. The summed E-state index contributed by atoms with van der Waals surface area (Å²) in [4.78, 5) is 5.74. The number of nitrogens with two attached hydrogens (primary N) is 2. The van der Waals surface area contributed by atoms with Crippen LogP contribution in [0.4, 0.5) is 0 Å². The second kappa shape index (κ2) is 10.9. The summed E-state index contributed by atoms with van der Waals surface area (Å²) in [7, 11) is -2.24. The number of nitrogens with zero attached hydrogens (tertiary/aromatic N) is 1. The third-order valence-electron chi connectivity index (χ3n) is 3.85. The van der Waals surface area contributed by atoms with Gasteiger partial charge in [-0.1, -0.05) is 4.47 Å². The molecule has 1 aromatic carbocycles. The first-order valence-corrected chi connectivity index (χ1v) is 9.45. The molecule has 0 aliphatic rings. The number of hydrogen-bond acceptors (Lipinski definition) is 6. The topological polar surface area (TPSA) is 108 Å². The summed E-state index contributed by atoms with van der Waals surface area (Å²) in [6, 6.07) is 1.73. The minimum atomic E-state index is -3.80. The molecule has 0 radical (unpaired) electrons. The third-order valence-corrected chi connectivity index (χ3v) is 5.82. The SMILES string of the molecule is COc1cc(C)c(S(=O)(=O)N(CCCN)OCCCN)c(C)c1C.Cl. The largest absolute Gasteiger partial charge is 0.496 e. The van der Waals surface area contributed by atoms with Crippen molar-refractivity contribution in [3.63, 3.8) is 0 Å². The Kier molecular flexibility index (Phi) is 10.6. The maximum atomic E-state index is 13.1. The zero-order chi connectivity index (χ0) is 18.3. The monoisotopic (exact) mass is 395 g/mol. The molecule has 25 heavy (non-hydrogen) atoms. The normalized spacial score (nSPS) is 11.5. The van der Waals surface area contributed by atoms with Gasteiger partial charge in [0.15, 0.2) is 0 Å². The van der Waals surface area contributed by atoms with E-state index in [-0.39, 0.29) is 30.5 Å². The van der Waals surface area contributed by atoms with Crippen LogP contribution in [0.1, 0.15) is 29.5 Å². The van der Waals surface area contributed by atoms with E-state index < -0.39 is 10.0 Å². The third kappa shape index (κ3) is 5.80. The number of ether oxygens (including phenoxy) is 1. The molecule has 0 bridgehead atoms. The summed E-state index contributed by atoms with van der Waals surface area (Å²) < 4.78 is 32.6. The number of benzene rings is 1. The number of sulfonamides is 1. The van der Waals surface area contributed by atoms with Crippen LogP contribution in [0.5, 0.6) is 5.75 Å². The van der Waals surface area contributed by atoms with Crippen LogP contribution in [0, 0.1) is 20.8 Å². The van der Waals surface area contributed by atoms with Crippen molar-refractivity contribution in [1.82, 2.24) is 4.47 Å². The Bertz CT molecular complexity index is 653. The highest BCUT2D eigenvalue weighted by Gasteiger charge is 2.30. The van der Waals surface area contributed by atoms with E-state index in [0.717, 1.165) is 10.0 Å². The first-order chi connectivity index (χ1) is 11.3. The van der Waals surface area contributed by atoms with Crippen LogP contribution in [-0.4, -0.2) is 46.2 Å². The molecular weight excluding hydrogens is 366 g/mol. The Balaban J connectivity index is 0.00000576. The van der Waals surface area contributed by atoms with Crippen molar-refractivity contribution in [1.29, 1.82) is 0 Å². The van der Waals surface area contributed by atoms with E-state index in [1.165, 1.54) is 0 Å². The maximum absolute atomic E-state index is 13.1. The Hall–Kier alpha value is -0.900. The van der Waals surface area contributed by atoms with Crippen LogP contribution < -0.4 is 16.2 Å². The molecule has 1 aromatic rings. The van der Waals surface area contributed by atoms with E-state index in [0.29, 0.717) is 42.8 Å². The van der Waals surface area contributed by atoms with Gasteiger partial charge in [0.2, 0.25) is 0 Å². The molecule has 146 valence electrons. The fourth-order valence-electron chi connectivity index (χ4n) is 2.46. The van der Waals surface area contributed by atoms with Crippen molar-refractivity contribution in [3.05, 3.63) is 22.8 Å². The van der Waals surface area contributed by atoms with E-state index in [4.69, 9.17) is 21.0 Å². The molecule has 0 aliphatic carbocycles. The lowest BCUT2D eigenvalue weighted by Crippen LogP contribution is -2.35. The van der Waals surface area contributed by atoms with Crippen LogP contribution in [0.25, 0.3) is 0 Å². The lowest BCUT2D eigenvalue weighted by atomic mass is 10.1. The van der Waals surface area contributed by atoms with Crippen molar-refractivity contribution in [2.24, 2.45) is 11.5 Å². The van der Waals surface area contributed by atoms with Crippen LogP contribution in [0.2, 0.25) is 0 Å². The fourth-order valence-corrected chi connectivity index (χ4v) is 4.25. The first kappa shape index (κ1) is 24.1. The van der Waals surface area contributed by atoms with Crippen molar-refractivity contribution in [2.45, 2.75) is 38.5 Å². The van der Waals surface area contributed by atoms with Crippen LogP contribution in [-0.2, 0) is 14.9 Å². The van der Waals surface area contributed by atoms with E-state index >= 15 is 0 Å². The van der Waals surface area contributed by atoms with Gasteiger partial charge in [-0.2, -0.15) is 0 Å². The number of halogens is 1. The second-order valence-corrected chi connectivity index (χ2v) is 7.39. The molecule has 0 saturated carbocycles. The highest BCUT2D eigenvalue weighted by atomic mass is 35.5. The Morgan fingerprint density at radius 3 is 2.20 bits per heavy atom. The van der Waals surface area contributed by atoms with Crippen molar-refractivity contribution in [3.8, 4) is 5.75 Å². The minimum absolute atomic E-state index is 0. The maximum Gasteiger partial charge on any atom is 0.265 e. The van der Waals surface area contributed by atoms with E-state index in [2.05, 4.69) is 0 Å². The van der Waals surface area contributed by atoms with Gasteiger partial charge in [-0.15, -0.1) is 12.4 Å². The molecule has 0 heterocycles. The lowest BCUT2D eigenvalue weighted by Gasteiger charge is -2.24. The Morgan fingerprint density at radius 1 is 1.08 bits per heavy atom. The fraction of sp³-hybridized carbons (Fsp3) is 0.625. The summed E-state index contributed by atoms with van der Waals surface area (Å²) in [5.41, 5.74) is 13.0. The average Bonchev–Trinajstić information content (AvgIpc) is 2.53. The summed E-state index contributed by atoms with van der Waals surface area (Å²) in [5, 5.41) is 0. The zero-order valence-electron chi connectivity index (χ0n) is 15.4. The molecule has 0 fully saturated rings. The molecule has 0 atom stereocenters. The molecule has 0 saturated heterocycles. The smallest absolute Gasteiger partial charge is 0.265 e. The van der Waals surface area contributed by atoms with Crippen LogP contribution in [0.15, 0.2) is 11.0 Å². The van der Waals surface area contributed by atoms with Gasteiger partial charge >= 0.3 is 0 Å². The van der Waals surface area contributed by atoms with E-state index in [1.807, 2.05) is 6.92 Å². The highest BCUT2D eigenvalue weighted by molar-refractivity contribution is 7.89. The molecule has 4 N–H and O–H groups in total. The van der Waals surface area contributed by atoms with Gasteiger partial charge in [-0.3, -0.25) is 4.84 Å². The minimum Gasteiger partial charge on any atom is -0.496 e. The average molecular weight is 396 g/mol. The molecule has 7 nitrogen and oxygen atoms in total. The molecule has 0 amide bonds. The zero-order valence-corrected chi connectivity index (χ0v) is 17.0. The number of aryl methyl sites for hydroxylation is 1. The first-order valence-electron chi connectivity index (χ1n) is 8.01. The van der Waals surface area contributed by atoms with E-state index in [9.17, 15) is 8.42 Å². The van der Waals surface area contributed by atoms with Gasteiger partial charge in [0.1, 0.15) is 5.75 Å². The number of rotatable bonds is 10. The number of hydroxylamine groups is 1. The van der Waals surface area contributed by atoms with Gasteiger partial charge in [-0.05, 0) is 69.5 Å². The van der Waals surface area contributed by atoms with Gasteiger partial charge in [0, 0.05) is 6.54 Å². The predicted octanol–water partition coefficient (Wildman–Crippen LogP) is 1.66. The van der Waals surface area contributed by atoms with E-state index in [1.54, 1.807) is 27.0 Å². The van der Waals surface area contributed by atoms with Crippen molar-refractivity contribution < 1.29 is 18.0 Å². The van der Waals surface area contributed by atoms with Crippen LogP contribution in [0.3, 0.4) is 0 Å². The molecule has 0 aliphatic heterocycles. The van der Waals surface area contributed by atoms with Gasteiger partial charge < -0.3 is 16.2 Å². The van der Waals surface area contributed by atoms with Gasteiger partial charge in [0.25, 0.3) is 10.0 Å². The van der Waals surface area contributed by atoms with Crippen LogP contribution >= 0.6 is 12.4 Å². The number of hydrogen-bond donors (Lipinski definition) is 2. The lowest BCUT2D eigenvalue weighted by molar-refractivity contribution is -0.0847. The second-order valence-electron chi connectivity index (χ2n) is 5.62. The van der Waals surface area contributed by atoms with Crippen molar-refractivity contribution >= 4 is 22.4 Å². The Labute approximate surface area is 157 Å². The predicted molar refractivity (Wildman–Crippen MR) is 102 cm³/mol. The molecular formula is C16H30ClN3O4S. The van der Waals surface area contributed by atoms with Gasteiger partial charge in [-0.25, -0.2) is 8.42 Å². The Morgan fingerprint density at radius 2 is 1.68 bits per heavy atom. The molecule has 0 spiro atoms. The summed E-state index contributed by atoms with van der Waals surface area (Å²) in [6.07, 6.45) is 1.09. The summed E-state index contributed by atoms with van der Waals surface area (Å²) in [6.45, 7) is 6.63. The van der Waals surface area contributed by atoms with Gasteiger partial charge in [0.05, 0.1) is 18.6 Å². The summed E-state index contributed by atoms with van der Waals surface area (Å²) in [5.74, 6) is 0.668. The molecule has 1 rings (SSSR count). The quantitative estimate of drug-likeness (QED) is 0.460. The number of methoxy groups -OCH3 is 1. The molecule has 0 unspecified atom stereocenters. The molecule has 9 heteroatoms. The highest BCUT2D eigenvalue weighted by Crippen LogP contribution is 2.32. The molecule has 0 aromatic heterocycles. The summed E-state index contributed by atoms with van der Waals surface area (Å²) >= 11 is 0.